The molecule has 0 amide bonds. The number of anilines is 1. The fourth-order valence-electron chi connectivity index (χ4n) is 5.04. The van der Waals surface area contributed by atoms with Crippen molar-refractivity contribution in [1.29, 1.82) is 0 Å². The normalized spacial score (nSPS) is 13.8. The number of carbonyl (C=O) groups excluding carboxylic acids is 1. The first-order valence-electron chi connectivity index (χ1n) is 14.0. The average Bonchev–Trinajstić information content (AvgIpc) is 3.36. The van der Waals surface area contributed by atoms with Gasteiger partial charge in [0.2, 0.25) is 10.0 Å². The number of carboxylic acids is 1. The molecule has 3 aromatic carbocycles. The van der Waals surface area contributed by atoms with Gasteiger partial charge >= 0.3 is 11.9 Å². The van der Waals surface area contributed by atoms with Crippen LogP contribution >= 0.6 is 22.9 Å². The molecule has 230 valence electrons. The molecule has 0 unspecified atom stereocenters. The Kier molecular flexibility index (Phi) is 10.2. The zero-order valence-electron chi connectivity index (χ0n) is 23.6. The van der Waals surface area contributed by atoms with Crippen LogP contribution in [0.2, 0.25) is 5.02 Å². The minimum Gasteiger partial charge on any atom is -0.479 e. The molecule has 1 aliphatic heterocycles. The Bertz CT molecular complexity index is 1710. The van der Waals surface area contributed by atoms with Crippen LogP contribution in [0.15, 0.2) is 84.9 Å². The van der Waals surface area contributed by atoms with Gasteiger partial charge in [0, 0.05) is 6.04 Å². The molecule has 1 aliphatic rings. The largest absolute Gasteiger partial charge is 0.479 e. The van der Waals surface area contributed by atoms with Gasteiger partial charge in [-0.1, -0.05) is 84.4 Å². The van der Waals surface area contributed by atoms with Crippen LogP contribution in [0.1, 0.15) is 33.6 Å². The van der Waals surface area contributed by atoms with Gasteiger partial charge in [-0.3, -0.25) is 4.31 Å². The minimum absolute atomic E-state index is 0.0148. The highest BCUT2D eigenvalue weighted by Gasteiger charge is 2.32. The summed E-state index contributed by atoms with van der Waals surface area (Å²) in [5.74, 6) is -2.26. The molecule has 44 heavy (non-hydrogen) atoms. The fraction of sp³-hybridized carbons (Fsp3) is 0.250. The van der Waals surface area contributed by atoms with E-state index in [9.17, 15) is 23.1 Å². The Hall–Kier alpha value is -3.90. The number of carboxylic acid groups (broad SMARTS) is 1. The first-order valence-corrected chi connectivity index (χ1v) is 16.8. The van der Waals surface area contributed by atoms with Crippen molar-refractivity contribution in [3.05, 3.63) is 106 Å². The predicted octanol–water partition coefficient (Wildman–Crippen LogP) is 5.98. The number of thiophene rings is 1. The average molecular weight is 655 g/mol. The lowest BCUT2D eigenvalue weighted by atomic mass is 10.1. The van der Waals surface area contributed by atoms with Crippen molar-refractivity contribution in [1.82, 2.24) is 5.32 Å². The number of nitrogens with one attached hydrogen (secondary N) is 1. The summed E-state index contributed by atoms with van der Waals surface area (Å²) in [5.41, 5.74) is 2.46. The van der Waals surface area contributed by atoms with E-state index in [2.05, 4.69) is 5.32 Å². The quantitative estimate of drug-likeness (QED) is 0.179. The van der Waals surface area contributed by atoms with E-state index in [1.807, 2.05) is 48.5 Å². The maximum atomic E-state index is 13.9. The molecule has 0 aliphatic carbocycles. The van der Waals surface area contributed by atoms with Gasteiger partial charge in [-0.15, -0.1) is 11.3 Å². The number of hydrogen-bond donors (Lipinski definition) is 2. The molecule has 5 rings (SSSR count). The monoisotopic (exact) mass is 654 g/mol. The van der Waals surface area contributed by atoms with Gasteiger partial charge in [-0.05, 0) is 54.8 Å². The summed E-state index contributed by atoms with van der Waals surface area (Å²) >= 11 is 7.56. The molecular weight excluding hydrogens is 624 g/mol. The standard InChI is InChI=1S/C32H31ClN2O7S2/c33-28-29(42-20-27(36)41-19-22-8-3-1-4-9-22)31(32(37)38)43-30(28)24-12-7-13-26(18-24)35(25-14-16-34-17-15-25)44(39,40)21-23-10-5-2-6-11-23/h1-13,18,25,34H,14-17,19-21H2,(H,37,38). The lowest BCUT2D eigenvalue weighted by molar-refractivity contribution is -0.147. The smallest absolute Gasteiger partial charge is 0.349 e. The number of benzene rings is 3. The summed E-state index contributed by atoms with van der Waals surface area (Å²) in [6.07, 6.45) is 1.28. The van der Waals surface area contributed by atoms with E-state index in [0.29, 0.717) is 47.6 Å². The van der Waals surface area contributed by atoms with E-state index >= 15 is 0 Å². The van der Waals surface area contributed by atoms with Crippen LogP contribution < -0.4 is 14.4 Å². The van der Waals surface area contributed by atoms with Crippen LogP contribution in [0.4, 0.5) is 5.69 Å². The van der Waals surface area contributed by atoms with E-state index in [4.69, 9.17) is 21.1 Å². The second kappa shape index (κ2) is 14.3. The molecule has 0 saturated carbocycles. The van der Waals surface area contributed by atoms with Crippen LogP contribution in [0.5, 0.6) is 5.75 Å². The Morgan fingerprint density at radius 1 is 0.955 bits per heavy atom. The molecule has 2 N–H and O–H groups in total. The van der Waals surface area contributed by atoms with E-state index in [1.54, 1.807) is 36.4 Å². The van der Waals surface area contributed by atoms with Crippen molar-refractivity contribution in [3.63, 3.8) is 0 Å². The number of halogens is 1. The number of carbonyl (C=O) groups is 2. The summed E-state index contributed by atoms with van der Waals surface area (Å²) in [5, 5.41) is 13.2. The number of aromatic carboxylic acids is 1. The minimum atomic E-state index is -3.79. The first-order chi connectivity index (χ1) is 21.2. The molecule has 9 nitrogen and oxygen atoms in total. The van der Waals surface area contributed by atoms with Gasteiger partial charge in [0.25, 0.3) is 0 Å². The van der Waals surface area contributed by atoms with Gasteiger partial charge in [-0.2, -0.15) is 0 Å². The van der Waals surface area contributed by atoms with E-state index in [-0.39, 0.29) is 34.1 Å². The van der Waals surface area contributed by atoms with Gasteiger partial charge in [-0.25, -0.2) is 18.0 Å². The highest BCUT2D eigenvalue weighted by molar-refractivity contribution is 7.92. The lowest BCUT2D eigenvalue weighted by Gasteiger charge is -2.35. The van der Waals surface area contributed by atoms with Crippen molar-refractivity contribution in [2.24, 2.45) is 0 Å². The second-order valence-corrected chi connectivity index (χ2v) is 13.5. The molecular formula is C32H31ClN2O7S2. The van der Waals surface area contributed by atoms with Crippen molar-refractivity contribution in [3.8, 4) is 16.2 Å². The zero-order chi connectivity index (χ0) is 31.1. The van der Waals surface area contributed by atoms with Crippen molar-refractivity contribution in [2.45, 2.75) is 31.2 Å². The van der Waals surface area contributed by atoms with E-state index in [1.165, 1.54) is 4.31 Å². The van der Waals surface area contributed by atoms with Crippen LogP contribution in [0, 0.1) is 0 Å². The summed E-state index contributed by atoms with van der Waals surface area (Å²) in [7, 11) is -3.79. The number of sulfonamides is 1. The Morgan fingerprint density at radius 2 is 1.61 bits per heavy atom. The highest BCUT2D eigenvalue weighted by Crippen LogP contribution is 2.46. The SMILES string of the molecule is O=C(COc1c(C(=O)O)sc(-c2cccc(N(C3CCNCC3)S(=O)(=O)Cc3ccccc3)c2)c1Cl)OCc1ccccc1. The number of esters is 1. The van der Waals surface area contributed by atoms with Crippen molar-refractivity contribution < 1.29 is 32.6 Å². The molecule has 1 fully saturated rings. The lowest BCUT2D eigenvalue weighted by Crippen LogP contribution is -2.46. The molecule has 0 radical (unpaired) electrons. The summed E-state index contributed by atoms with van der Waals surface area (Å²) in [4.78, 5) is 24.7. The molecule has 0 spiro atoms. The third kappa shape index (κ3) is 7.59. The van der Waals surface area contributed by atoms with Gasteiger partial charge in [0.05, 0.1) is 16.3 Å². The van der Waals surface area contributed by atoms with Crippen molar-refractivity contribution >= 4 is 50.6 Å². The third-order valence-corrected chi connectivity index (χ3v) is 10.6. The molecule has 4 aromatic rings. The van der Waals surface area contributed by atoms with E-state index in [0.717, 1.165) is 16.9 Å². The van der Waals surface area contributed by atoms with Crippen LogP contribution in [-0.4, -0.2) is 51.2 Å². The predicted molar refractivity (Wildman–Crippen MR) is 171 cm³/mol. The summed E-state index contributed by atoms with van der Waals surface area (Å²) in [6.45, 7) is 0.888. The number of hydrogen-bond acceptors (Lipinski definition) is 8. The molecule has 0 bridgehead atoms. The Balaban J connectivity index is 1.42. The van der Waals surface area contributed by atoms with Crippen LogP contribution in [0.25, 0.3) is 10.4 Å². The zero-order valence-corrected chi connectivity index (χ0v) is 26.0. The van der Waals surface area contributed by atoms with Gasteiger partial charge < -0.3 is 19.9 Å². The van der Waals surface area contributed by atoms with Crippen molar-refractivity contribution in [2.75, 3.05) is 24.0 Å². The summed E-state index contributed by atoms with van der Waals surface area (Å²) in [6, 6.07) is 24.8. The Morgan fingerprint density at radius 3 is 2.27 bits per heavy atom. The summed E-state index contributed by atoms with van der Waals surface area (Å²) < 4.78 is 40.1. The molecule has 1 saturated heterocycles. The first kappa shape index (κ1) is 31.5. The van der Waals surface area contributed by atoms with E-state index < -0.39 is 28.6 Å². The highest BCUT2D eigenvalue weighted by atomic mass is 35.5. The fourth-order valence-corrected chi connectivity index (χ4v) is 8.30. The second-order valence-electron chi connectivity index (χ2n) is 10.2. The maximum Gasteiger partial charge on any atom is 0.349 e. The molecule has 12 heteroatoms. The number of rotatable bonds is 12. The maximum absolute atomic E-state index is 13.9. The van der Waals surface area contributed by atoms with Crippen LogP contribution in [-0.2, 0) is 31.9 Å². The molecule has 0 atom stereocenters. The van der Waals surface area contributed by atoms with Crippen LogP contribution in [0.3, 0.4) is 0 Å². The number of ether oxygens (including phenoxy) is 2. The number of nitrogens with zero attached hydrogens (tertiary/aromatic N) is 1. The molecule has 1 aromatic heterocycles. The third-order valence-electron chi connectivity index (χ3n) is 7.08. The van der Waals surface area contributed by atoms with Gasteiger partial charge in [0.1, 0.15) is 11.6 Å². The van der Waals surface area contributed by atoms with Gasteiger partial charge in [0.15, 0.2) is 17.2 Å². The molecule has 2 heterocycles. The number of piperidine rings is 1. The topological polar surface area (TPSA) is 122 Å². The Labute approximate surface area is 265 Å².